The fourth-order valence-electron chi connectivity index (χ4n) is 1.65. The Morgan fingerprint density at radius 1 is 1.10 bits per heavy atom. The molecular formula is C15H25Cl2NO2. The molecule has 1 rings (SSSR count). The first-order chi connectivity index (χ1) is 8.63. The first-order valence-corrected chi connectivity index (χ1v) is 6.55. The number of rotatable bonds is 7. The highest BCUT2D eigenvalue weighted by molar-refractivity contribution is 5.85. The Labute approximate surface area is 134 Å². The smallest absolute Gasteiger partial charge is 0.306 e. The van der Waals surface area contributed by atoms with E-state index < -0.39 is 0 Å². The average Bonchev–Trinajstić information content (AvgIpc) is 2.37. The molecule has 20 heavy (non-hydrogen) atoms. The lowest BCUT2D eigenvalue weighted by Crippen LogP contribution is -2.08. The van der Waals surface area contributed by atoms with Gasteiger partial charge < -0.3 is 9.64 Å². The second-order valence-corrected chi connectivity index (χ2v) is 4.68. The van der Waals surface area contributed by atoms with E-state index in [-0.39, 0.29) is 30.8 Å². The van der Waals surface area contributed by atoms with Gasteiger partial charge in [0, 0.05) is 26.2 Å². The van der Waals surface area contributed by atoms with Crippen LogP contribution in [0.15, 0.2) is 24.3 Å². The van der Waals surface area contributed by atoms with Crippen molar-refractivity contribution >= 4 is 36.5 Å². The zero-order valence-electron chi connectivity index (χ0n) is 12.4. The molecule has 0 bridgehead atoms. The number of halogens is 2. The molecule has 5 heteroatoms. The third-order valence-corrected chi connectivity index (χ3v) is 2.84. The number of carbonyl (C=O) groups excluding carboxylic acids is 1. The molecule has 0 unspecified atom stereocenters. The lowest BCUT2D eigenvalue weighted by atomic mass is 10.2. The molecule has 0 saturated carbocycles. The van der Waals surface area contributed by atoms with E-state index in [2.05, 4.69) is 6.92 Å². The summed E-state index contributed by atoms with van der Waals surface area (Å²) in [7, 11) is 4.01. The lowest BCUT2D eigenvalue weighted by molar-refractivity contribution is -0.145. The van der Waals surface area contributed by atoms with Crippen LogP contribution in [-0.2, 0) is 16.1 Å². The normalized spacial score (nSPS) is 9.15. The van der Waals surface area contributed by atoms with E-state index in [0.717, 1.165) is 30.5 Å². The van der Waals surface area contributed by atoms with Crippen LogP contribution < -0.4 is 4.90 Å². The third kappa shape index (κ3) is 8.28. The summed E-state index contributed by atoms with van der Waals surface area (Å²) in [5.74, 6) is -0.0971. The summed E-state index contributed by atoms with van der Waals surface area (Å²) in [4.78, 5) is 13.5. The van der Waals surface area contributed by atoms with Crippen LogP contribution in [0.4, 0.5) is 5.69 Å². The molecule has 0 aromatic heterocycles. The van der Waals surface area contributed by atoms with Crippen LogP contribution in [0.2, 0.25) is 0 Å². The van der Waals surface area contributed by atoms with Crippen LogP contribution in [0.3, 0.4) is 0 Å². The lowest BCUT2D eigenvalue weighted by Gasteiger charge is -2.12. The summed E-state index contributed by atoms with van der Waals surface area (Å²) in [6.07, 6.45) is 3.67. The second-order valence-electron chi connectivity index (χ2n) is 4.68. The number of hydrogen-bond donors (Lipinski definition) is 0. The monoisotopic (exact) mass is 321 g/mol. The van der Waals surface area contributed by atoms with E-state index >= 15 is 0 Å². The van der Waals surface area contributed by atoms with E-state index in [4.69, 9.17) is 4.74 Å². The standard InChI is InChI=1S/C15H23NO2.2ClH/c1-4-5-6-7-15(17)18-12-13-8-10-14(11-9-13)16(2)3;;/h8-11H,4-7,12H2,1-3H3;2*1H. The molecule has 0 atom stereocenters. The Bertz CT molecular complexity index is 367. The van der Waals surface area contributed by atoms with E-state index in [9.17, 15) is 4.79 Å². The maximum atomic E-state index is 11.4. The van der Waals surface area contributed by atoms with Crippen molar-refractivity contribution in [2.24, 2.45) is 0 Å². The molecule has 0 heterocycles. The Morgan fingerprint density at radius 2 is 1.70 bits per heavy atom. The van der Waals surface area contributed by atoms with Gasteiger partial charge in [-0.15, -0.1) is 24.8 Å². The fourth-order valence-corrected chi connectivity index (χ4v) is 1.65. The van der Waals surface area contributed by atoms with Crippen LogP contribution >= 0.6 is 24.8 Å². The molecule has 0 fully saturated rings. The summed E-state index contributed by atoms with van der Waals surface area (Å²) in [5, 5.41) is 0. The minimum atomic E-state index is -0.0971. The first kappa shape index (κ1) is 21.4. The molecular weight excluding hydrogens is 297 g/mol. The van der Waals surface area contributed by atoms with E-state index in [1.54, 1.807) is 0 Å². The minimum absolute atomic E-state index is 0. The number of ether oxygens (including phenoxy) is 1. The van der Waals surface area contributed by atoms with Crippen molar-refractivity contribution in [3.05, 3.63) is 29.8 Å². The number of hydrogen-bond acceptors (Lipinski definition) is 3. The molecule has 0 aliphatic heterocycles. The van der Waals surface area contributed by atoms with E-state index in [1.807, 2.05) is 43.3 Å². The number of anilines is 1. The molecule has 1 aromatic carbocycles. The summed E-state index contributed by atoms with van der Waals surface area (Å²) in [5.41, 5.74) is 2.18. The molecule has 0 aliphatic carbocycles. The molecule has 0 aliphatic rings. The van der Waals surface area contributed by atoms with Crippen molar-refractivity contribution in [3.8, 4) is 0 Å². The van der Waals surface area contributed by atoms with Gasteiger partial charge in [0.05, 0.1) is 0 Å². The van der Waals surface area contributed by atoms with Crippen LogP contribution in [0, 0.1) is 0 Å². The van der Waals surface area contributed by atoms with E-state index in [0.29, 0.717) is 13.0 Å². The van der Waals surface area contributed by atoms with Crippen molar-refractivity contribution in [3.63, 3.8) is 0 Å². The molecule has 1 aromatic rings. The minimum Gasteiger partial charge on any atom is -0.461 e. The molecule has 3 nitrogen and oxygen atoms in total. The predicted octanol–water partition coefficient (Wildman–Crippen LogP) is 4.22. The van der Waals surface area contributed by atoms with E-state index in [1.165, 1.54) is 0 Å². The Morgan fingerprint density at radius 3 is 2.20 bits per heavy atom. The SMILES string of the molecule is CCCCCC(=O)OCc1ccc(N(C)C)cc1.Cl.Cl. The summed E-state index contributed by atoms with van der Waals surface area (Å²) in [6.45, 7) is 2.50. The molecule has 0 spiro atoms. The summed E-state index contributed by atoms with van der Waals surface area (Å²) in [6, 6.07) is 8.05. The molecule has 0 amide bonds. The Hall–Kier alpha value is -0.930. The largest absolute Gasteiger partial charge is 0.461 e. The molecule has 0 saturated heterocycles. The summed E-state index contributed by atoms with van der Waals surface area (Å²) >= 11 is 0. The van der Waals surface area contributed by atoms with Gasteiger partial charge >= 0.3 is 5.97 Å². The van der Waals surface area contributed by atoms with Crippen LogP contribution in [0.25, 0.3) is 0 Å². The summed E-state index contributed by atoms with van der Waals surface area (Å²) < 4.78 is 5.22. The van der Waals surface area contributed by atoms with Gasteiger partial charge in [0.15, 0.2) is 0 Å². The highest BCUT2D eigenvalue weighted by Crippen LogP contribution is 2.13. The van der Waals surface area contributed by atoms with Gasteiger partial charge in [-0.05, 0) is 24.1 Å². The van der Waals surface area contributed by atoms with Gasteiger partial charge in [-0.2, -0.15) is 0 Å². The third-order valence-electron chi connectivity index (χ3n) is 2.84. The molecule has 116 valence electrons. The fraction of sp³-hybridized carbons (Fsp3) is 0.533. The van der Waals surface area contributed by atoms with Crippen molar-refractivity contribution in [1.82, 2.24) is 0 Å². The van der Waals surface area contributed by atoms with Gasteiger partial charge in [-0.1, -0.05) is 31.9 Å². The number of unbranched alkanes of at least 4 members (excludes halogenated alkanes) is 2. The first-order valence-electron chi connectivity index (χ1n) is 6.55. The van der Waals surface area contributed by atoms with Gasteiger partial charge in [-0.3, -0.25) is 4.79 Å². The average molecular weight is 322 g/mol. The Balaban J connectivity index is 0. The van der Waals surface area contributed by atoms with Crippen molar-refractivity contribution in [1.29, 1.82) is 0 Å². The van der Waals surface area contributed by atoms with Crippen LogP contribution in [-0.4, -0.2) is 20.1 Å². The topological polar surface area (TPSA) is 29.5 Å². The maximum absolute atomic E-state index is 11.4. The zero-order valence-corrected chi connectivity index (χ0v) is 14.1. The van der Waals surface area contributed by atoms with Crippen molar-refractivity contribution < 1.29 is 9.53 Å². The second kappa shape index (κ2) is 11.9. The highest BCUT2D eigenvalue weighted by Gasteiger charge is 2.03. The van der Waals surface area contributed by atoms with Crippen LogP contribution in [0.5, 0.6) is 0 Å². The molecule has 0 radical (unpaired) electrons. The number of carbonyl (C=O) groups is 1. The quantitative estimate of drug-likeness (QED) is 0.556. The van der Waals surface area contributed by atoms with Gasteiger partial charge in [-0.25, -0.2) is 0 Å². The molecule has 0 N–H and O–H groups in total. The highest BCUT2D eigenvalue weighted by atomic mass is 35.5. The van der Waals surface area contributed by atoms with Gasteiger partial charge in [0.2, 0.25) is 0 Å². The zero-order chi connectivity index (χ0) is 13.4. The van der Waals surface area contributed by atoms with Crippen molar-refractivity contribution in [2.45, 2.75) is 39.2 Å². The Kier molecular flexibility index (Phi) is 12.7. The van der Waals surface area contributed by atoms with Crippen molar-refractivity contribution in [2.75, 3.05) is 19.0 Å². The number of nitrogens with zero attached hydrogens (tertiary/aromatic N) is 1. The van der Waals surface area contributed by atoms with Gasteiger partial charge in [0.1, 0.15) is 6.61 Å². The number of esters is 1. The van der Waals surface area contributed by atoms with Crippen LogP contribution in [0.1, 0.15) is 38.2 Å². The number of benzene rings is 1. The predicted molar refractivity (Wildman–Crippen MR) is 89.2 cm³/mol. The van der Waals surface area contributed by atoms with Gasteiger partial charge in [0.25, 0.3) is 0 Å². The maximum Gasteiger partial charge on any atom is 0.306 e.